The first-order chi connectivity index (χ1) is 19.5. The van der Waals surface area contributed by atoms with Crippen LogP contribution in [-0.2, 0) is 16.2 Å². The minimum Gasteiger partial charge on any atom is -0.341 e. The van der Waals surface area contributed by atoms with Gasteiger partial charge in [0.15, 0.2) is 5.78 Å². The maximum Gasteiger partial charge on any atom is 0.331 e. The van der Waals surface area contributed by atoms with E-state index in [9.17, 15) is 9.59 Å². The minimum absolute atomic E-state index is 0.0147. The molecule has 0 atom stereocenters. The molecule has 0 spiro atoms. The maximum absolute atomic E-state index is 13.8. The van der Waals surface area contributed by atoms with Crippen LogP contribution in [0.25, 0.3) is 32.6 Å². The second kappa shape index (κ2) is 11.1. The van der Waals surface area contributed by atoms with E-state index in [1.54, 1.807) is 0 Å². The third-order valence-corrected chi connectivity index (χ3v) is 8.36. The smallest absolute Gasteiger partial charge is 0.331 e. The highest BCUT2D eigenvalue weighted by molar-refractivity contribution is 6.19. The number of aromatic nitrogens is 1. The fourth-order valence-corrected chi connectivity index (χ4v) is 6.35. The first-order valence-electron chi connectivity index (χ1n) is 14.4. The van der Waals surface area contributed by atoms with Crippen molar-refractivity contribution >= 4 is 50.0 Å². The SMILES string of the molecule is CCn1c2ccc(C(=O)c3cccc4ccccc34)cc2c2cc(/C(CCC3CCCC3)=N/OC(C)=O)ccc21. The van der Waals surface area contributed by atoms with Crippen molar-refractivity contribution in [3.8, 4) is 0 Å². The molecule has 1 aromatic heterocycles. The zero-order valence-corrected chi connectivity index (χ0v) is 23.2. The molecule has 0 N–H and O–H groups in total. The van der Waals surface area contributed by atoms with Crippen molar-refractivity contribution in [3.05, 3.63) is 95.6 Å². The average Bonchev–Trinajstić information content (AvgIpc) is 3.61. The molecule has 1 fully saturated rings. The quantitative estimate of drug-likeness (QED) is 0.0875. The van der Waals surface area contributed by atoms with Crippen LogP contribution in [0.4, 0.5) is 0 Å². The normalized spacial score (nSPS) is 14.4. The summed E-state index contributed by atoms with van der Waals surface area (Å²) in [4.78, 5) is 30.5. The predicted octanol–water partition coefficient (Wildman–Crippen LogP) is 8.44. The number of aryl methyl sites for hydroxylation is 1. The van der Waals surface area contributed by atoms with Crippen LogP contribution in [-0.4, -0.2) is 22.0 Å². The van der Waals surface area contributed by atoms with Crippen LogP contribution in [0.3, 0.4) is 0 Å². The molecule has 5 nitrogen and oxygen atoms in total. The van der Waals surface area contributed by atoms with Gasteiger partial charge in [0.2, 0.25) is 0 Å². The van der Waals surface area contributed by atoms with Crippen molar-refractivity contribution in [2.24, 2.45) is 11.1 Å². The average molecular weight is 531 g/mol. The minimum atomic E-state index is -0.418. The van der Waals surface area contributed by atoms with Gasteiger partial charge < -0.3 is 9.40 Å². The molecule has 1 aliphatic rings. The van der Waals surface area contributed by atoms with Crippen LogP contribution in [0.2, 0.25) is 0 Å². The lowest BCUT2D eigenvalue weighted by Gasteiger charge is -2.11. The van der Waals surface area contributed by atoms with Crippen molar-refractivity contribution in [2.45, 2.75) is 58.9 Å². The number of rotatable bonds is 8. The molecule has 4 aromatic carbocycles. The van der Waals surface area contributed by atoms with Gasteiger partial charge in [-0.05, 0) is 66.8 Å². The molecule has 0 bridgehead atoms. The molecule has 5 heteroatoms. The molecule has 40 heavy (non-hydrogen) atoms. The molecule has 0 saturated heterocycles. The molecule has 1 saturated carbocycles. The zero-order chi connectivity index (χ0) is 27.6. The fraction of sp³-hybridized carbons (Fsp3) is 0.286. The van der Waals surface area contributed by atoms with E-state index in [4.69, 9.17) is 4.84 Å². The molecule has 5 aromatic rings. The van der Waals surface area contributed by atoms with Gasteiger partial charge >= 0.3 is 5.97 Å². The lowest BCUT2D eigenvalue weighted by Crippen LogP contribution is -2.07. The second-order valence-electron chi connectivity index (χ2n) is 10.9. The predicted molar refractivity (Wildman–Crippen MR) is 162 cm³/mol. The lowest BCUT2D eigenvalue weighted by atomic mass is 9.95. The Morgan fingerprint density at radius 1 is 0.850 bits per heavy atom. The molecule has 0 radical (unpaired) electrons. The van der Waals surface area contributed by atoms with Crippen LogP contribution in [0.15, 0.2) is 84.0 Å². The summed E-state index contributed by atoms with van der Waals surface area (Å²) < 4.78 is 2.28. The number of hydrogen-bond acceptors (Lipinski definition) is 4. The first-order valence-corrected chi connectivity index (χ1v) is 14.4. The molecule has 202 valence electrons. The number of ketones is 1. The van der Waals surface area contributed by atoms with Gasteiger partial charge in [-0.25, -0.2) is 4.79 Å². The van der Waals surface area contributed by atoms with Crippen molar-refractivity contribution < 1.29 is 14.4 Å². The highest BCUT2D eigenvalue weighted by Crippen LogP contribution is 2.33. The van der Waals surface area contributed by atoms with E-state index in [2.05, 4.69) is 40.9 Å². The molecule has 0 amide bonds. The molecular weight excluding hydrogens is 496 g/mol. The number of carbonyl (C=O) groups excluding carboxylic acids is 2. The third kappa shape index (κ3) is 4.92. The van der Waals surface area contributed by atoms with Crippen LogP contribution in [0, 0.1) is 5.92 Å². The molecular formula is C35H34N2O3. The van der Waals surface area contributed by atoms with Gasteiger partial charge in [0.1, 0.15) is 0 Å². The van der Waals surface area contributed by atoms with Gasteiger partial charge in [-0.1, -0.05) is 79.4 Å². The summed E-state index contributed by atoms with van der Waals surface area (Å²) in [6.07, 6.45) is 6.92. The summed E-state index contributed by atoms with van der Waals surface area (Å²) >= 11 is 0. The number of carbonyl (C=O) groups is 2. The van der Waals surface area contributed by atoms with Gasteiger partial charge in [0.05, 0.1) is 5.71 Å². The Morgan fingerprint density at radius 3 is 2.25 bits per heavy atom. The number of hydrogen-bond donors (Lipinski definition) is 0. The number of nitrogens with zero attached hydrogens (tertiary/aromatic N) is 2. The molecule has 0 aliphatic heterocycles. The summed E-state index contributed by atoms with van der Waals surface area (Å²) in [5.74, 6) is 0.301. The van der Waals surface area contributed by atoms with Crippen molar-refractivity contribution in [2.75, 3.05) is 0 Å². The van der Waals surface area contributed by atoms with E-state index in [0.717, 1.165) is 63.2 Å². The molecule has 6 rings (SSSR count). The Hall–Kier alpha value is -4.25. The van der Waals surface area contributed by atoms with Gasteiger partial charge in [0.25, 0.3) is 0 Å². The monoisotopic (exact) mass is 530 g/mol. The van der Waals surface area contributed by atoms with Gasteiger partial charge in [-0.3, -0.25) is 4.79 Å². The van der Waals surface area contributed by atoms with Crippen molar-refractivity contribution in [1.29, 1.82) is 0 Å². The van der Waals surface area contributed by atoms with Crippen molar-refractivity contribution in [3.63, 3.8) is 0 Å². The number of oxime groups is 1. The molecule has 1 heterocycles. The molecule has 0 unspecified atom stereocenters. The maximum atomic E-state index is 13.8. The Labute approximate surface area is 234 Å². The highest BCUT2D eigenvalue weighted by Gasteiger charge is 2.19. The van der Waals surface area contributed by atoms with Gasteiger partial charge in [0, 0.05) is 52.0 Å². The van der Waals surface area contributed by atoms with E-state index in [1.807, 2.05) is 54.6 Å². The first kappa shape index (κ1) is 26.0. The Bertz CT molecular complexity index is 1770. The summed E-state index contributed by atoms with van der Waals surface area (Å²) in [6.45, 7) is 4.33. The number of benzene rings is 4. The third-order valence-electron chi connectivity index (χ3n) is 8.36. The van der Waals surface area contributed by atoms with Crippen molar-refractivity contribution in [1.82, 2.24) is 4.57 Å². The molecule has 1 aliphatic carbocycles. The Balaban J connectivity index is 1.44. The van der Waals surface area contributed by atoms with Gasteiger partial charge in [-0.2, -0.15) is 0 Å². The fourth-order valence-electron chi connectivity index (χ4n) is 6.35. The Morgan fingerprint density at radius 2 is 1.52 bits per heavy atom. The topological polar surface area (TPSA) is 60.7 Å². The summed E-state index contributed by atoms with van der Waals surface area (Å²) in [7, 11) is 0. The van der Waals surface area contributed by atoms with Crippen LogP contribution in [0.5, 0.6) is 0 Å². The second-order valence-corrected chi connectivity index (χ2v) is 10.9. The van der Waals surface area contributed by atoms with Crippen LogP contribution in [0.1, 0.15) is 73.9 Å². The van der Waals surface area contributed by atoms with E-state index >= 15 is 0 Å². The largest absolute Gasteiger partial charge is 0.341 e. The highest BCUT2D eigenvalue weighted by atomic mass is 16.7. The summed E-state index contributed by atoms with van der Waals surface area (Å²) in [5, 5.41) is 8.41. The van der Waals surface area contributed by atoms with Gasteiger partial charge in [-0.15, -0.1) is 0 Å². The summed E-state index contributed by atoms with van der Waals surface area (Å²) in [5.41, 5.74) is 5.32. The van der Waals surface area contributed by atoms with Crippen LogP contribution >= 0.6 is 0 Å². The summed E-state index contributed by atoms with van der Waals surface area (Å²) in [6, 6.07) is 26.3. The van der Waals surface area contributed by atoms with E-state index in [-0.39, 0.29) is 5.78 Å². The number of fused-ring (bicyclic) bond motifs is 4. The van der Waals surface area contributed by atoms with E-state index in [0.29, 0.717) is 17.0 Å². The van der Waals surface area contributed by atoms with Crippen LogP contribution < -0.4 is 0 Å². The lowest BCUT2D eigenvalue weighted by molar-refractivity contribution is -0.140. The zero-order valence-electron chi connectivity index (χ0n) is 23.2. The van der Waals surface area contributed by atoms with E-state index < -0.39 is 5.97 Å². The Kier molecular flexibility index (Phi) is 7.21. The standard InChI is InChI=1S/C35H34N2O3/c1-3-37-33-19-16-26(32(36-40-23(2)38)18-15-24-9-4-5-10-24)21-30(33)31-22-27(17-20-34(31)37)35(39)29-14-8-12-25-11-6-7-13-28(25)29/h6-8,11-14,16-17,19-22,24H,3-5,9-10,15,18H2,1-2H3/b36-32+. The van der Waals surface area contributed by atoms with E-state index in [1.165, 1.54) is 32.6 Å².